The zero-order valence-corrected chi connectivity index (χ0v) is 12.2. The second-order valence-corrected chi connectivity index (χ2v) is 5.81. The lowest BCUT2D eigenvalue weighted by molar-refractivity contribution is -0.137. The van der Waals surface area contributed by atoms with Crippen LogP contribution in [0.15, 0.2) is 35.4 Å². The Balaban J connectivity index is 2.03. The molecule has 2 heterocycles. The molecule has 0 unspecified atom stereocenters. The van der Waals surface area contributed by atoms with Crippen molar-refractivity contribution in [3.05, 3.63) is 40.9 Å². The number of fused-ring (bicyclic) bond motifs is 1. The molecule has 112 valence electrons. The Bertz CT molecular complexity index is 822. The number of amides is 2. The Morgan fingerprint density at radius 2 is 2.09 bits per heavy atom. The molecular weight excluding hydrogens is 304 g/mol. The quantitative estimate of drug-likeness (QED) is 0.846. The largest absolute Gasteiger partial charge is 0.481 e. The van der Waals surface area contributed by atoms with E-state index in [1.54, 1.807) is 12.3 Å². The summed E-state index contributed by atoms with van der Waals surface area (Å²) in [5.74, 6) is -1.27. The van der Waals surface area contributed by atoms with Crippen LogP contribution in [0, 0.1) is 0 Å². The number of aliphatic carboxylic acids is 1. The Kier molecular flexibility index (Phi) is 3.72. The minimum Gasteiger partial charge on any atom is -0.481 e. The van der Waals surface area contributed by atoms with Crippen molar-refractivity contribution >= 4 is 45.9 Å². The predicted octanol–water partition coefficient (Wildman–Crippen LogP) is 2.44. The van der Waals surface area contributed by atoms with Gasteiger partial charge in [-0.15, -0.1) is 0 Å². The number of imide groups is 1. The third kappa shape index (κ3) is 2.75. The number of aryl methyl sites for hydroxylation is 1. The van der Waals surface area contributed by atoms with Crippen LogP contribution >= 0.6 is 11.8 Å². The van der Waals surface area contributed by atoms with E-state index in [4.69, 9.17) is 5.11 Å². The molecule has 2 N–H and O–H groups in total. The number of para-hydroxylation sites is 1. The topological polar surface area (TPSA) is 88.4 Å². The second-order valence-electron chi connectivity index (χ2n) is 4.79. The first kappa shape index (κ1) is 14.4. The normalized spacial score (nSPS) is 16.5. The van der Waals surface area contributed by atoms with E-state index < -0.39 is 11.9 Å². The Morgan fingerprint density at radius 3 is 2.77 bits per heavy atom. The average molecular weight is 316 g/mol. The molecule has 6 nitrogen and oxygen atoms in total. The van der Waals surface area contributed by atoms with Gasteiger partial charge in [0.15, 0.2) is 0 Å². The molecule has 1 saturated heterocycles. The van der Waals surface area contributed by atoms with E-state index in [-0.39, 0.29) is 11.7 Å². The van der Waals surface area contributed by atoms with Gasteiger partial charge in [-0.05, 0) is 23.9 Å². The van der Waals surface area contributed by atoms with E-state index in [0.717, 1.165) is 28.2 Å². The molecule has 1 fully saturated rings. The van der Waals surface area contributed by atoms with Crippen molar-refractivity contribution in [3.8, 4) is 0 Å². The number of nitrogens with zero attached hydrogens (tertiary/aromatic N) is 1. The van der Waals surface area contributed by atoms with Crippen LogP contribution < -0.4 is 5.32 Å². The summed E-state index contributed by atoms with van der Waals surface area (Å²) in [6, 6.07) is 7.54. The van der Waals surface area contributed by atoms with Gasteiger partial charge in [-0.3, -0.25) is 19.7 Å². The summed E-state index contributed by atoms with van der Waals surface area (Å²) in [5.41, 5.74) is 1.68. The van der Waals surface area contributed by atoms with E-state index in [1.807, 2.05) is 28.8 Å². The average Bonchev–Trinajstić information content (AvgIpc) is 2.98. The van der Waals surface area contributed by atoms with E-state index in [2.05, 4.69) is 5.32 Å². The van der Waals surface area contributed by atoms with E-state index >= 15 is 0 Å². The Hall–Kier alpha value is -2.54. The number of carbonyl (C=O) groups is 3. The molecule has 0 bridgehead atoms. The molecule has 0 spiro atoms. The third-order valence-electron chi connectivity index (χ3n) is 3.31. The number of rotatable bonds is 4. The number of carboxylic acid groups (broad SMARTS) is 1. The molecule has 7 heteroatoms. The maximum atomic E-state index is 11.6. The smallest absolute Gasteiger partial charge is 0.305 e. The van der Waals surface area contributed by atoms with Crippen LogP contribution in [0.3, 0.4) is 0 Å². The first-order chi connectivity index (χ1) is 10.5. The molecule has 1 aliphatic rings. The van der Waals surface area contributed by atoms with Gasteiger partial charge in [0, 0.05) is 29.2 Å². The van der Waals surface area contributed by atoms with Crippen LogP contribution in [-0.4, -0.2) is 26.8 Å². The molecule has 1 aromatic heterocycles. The van der Waals surface area contributed by atoms with Crippen LogP contribution in [-0.2, 0) is 16.1 Å². The predicted molar refractivity (Wildman–Crippen MR) is 83.3 cm³/mol. The second kappa shape index (κ2) is 5.69. The summed E-state index contributed by atoms with van der Waals surface area (Å²) in [6.45, 7) is 0.345. The number of carbonyl (C=O) groups excluding carboxylic acids is 2. The molecule has 3 rings (SSSR count). The van der Waals surface area contributed by atoms with Gasteiger partial charge < -0.3 is 9.67 Å². The standard InChI is InChI=1S/C15H12N2O4S/c18-13(19)5-6-17-8-9(10-3-1-2-4-11(10)17)7-12-14(20)16-15(21)22-12/h1-4,7-8H,5-6H2,(H,18,19)(H,16,20,21)/b12-7-. The van der Waals surface area contributed by atoms with Crippen molar-refractivity contribution in [1.82, 2.24) is 9.88 Å². The van der Waals surface area contributed by atoms with Crippen molar-refractivity contribution in [2.24, 2.45) is 0 Å². The molecule has 0 saturated carbocycles. The Morgan fingerprint density at radius 1 is 1.32 bits per heavy atom. The van der Waals surface area contributed by atoms with Crippen molar-refractivity contribution < 1.29 is 19.5 Å². The number of aromatic nitrogens is 1. The van der Waals surface area contributed by atoms with Crippen LogP contribution in [0.5, 0.6) is 0 Å². The molecule has 0 radical (unpaired) electrons. The minimum atomic E-state index is -0.867. The number of hydrogen-bond acceptors (Lipinski definition) is 4. The van der Waals surface area contributed by atoms with Crippen molar-refractivity contribution in [3.63, 3.8) is 0 Å². The highest BCUT2D eigenvalue weighted by Crippen LogP contribution is 2.29. The van der Waals surface area contributed by atoms with Gasteiger partial charge in [0.1, 0.15) is 0 Å². The summed E-state index contributed by atoms with van der Waals surface area (Å²) in [5, 5.41) is 11.6. The lowest BCUT2D eigenvalue weighted by atomic mass is 10.1. The van der Waals surface area contributed by atoms with Crippen LogP contribution in [0.2, 0.25) is 0 Å². The molecule has 0 aliphatic carbocycles. The van der Waals surface area contributed by atoms with Crippen LogP contribution in [0.4, 0.5) is 4.79 Å². The summed E-state index contributed by atoms with van der Waals surface area (Å²) in [6.07, 6.45) is 3.48. The summed E-state index contributed by atoms with van der Waals surface area (Å²) in [4.78, 5) is 34.0. The fraction of sp³-hybridized carbons (Fsp3) is 0.133. The molecule has 2 aromatic rings. The summed E-state index contributed by atoms with van der Waals surface area (Å²) >= 11 is 0.863. The van der Waals surface area contributed by atoms with Gasteiger partial charge in [0.2, 0.25) is 0 Å². The molecular formula is C15H12N2O4S. The number of hydrogen-bond donors (Lipinski definition) is 2. The molecule has 0 atom stereocenters. The first-order valence-corrected chi connectivity index (χ1v) is 7.41. The van der Waals surface area contributed by atoms with Gasteiger partial charge in [0.05, 0.1) is 11.3 Å². The maximum Gasteiger partial charge on any atom is 0.305 e. The molecule has 1 aromatic carbocycles. The van der Waals surface area contributed by atoms with Gasteiger partial charge in [-0.2, -0.15) is 0 Å². The zero-order chi connectivity index (χ0) is 15.7. The first-order valence-electron chi connectivity index (χ1n) is 6.59. The van der Waals surface area contributed by atoms with Crippen LogP contribution in [0.25, 0.3) is 17.0 Å². The van der Waals surface area contributed by atoms with Crippen molar-refractivity contribution in [2.75, 3.05) is 0 Å². The highest BCUT2D eigenvalue weighted by Gasteiger charge is 2.25. The van der Waals surface area contributed by atoms with E-state index in [9.17, 15) is 14.4 Å². The van der Waals surface area contributed by atoms with E-state index in [1.165, 1.54) is 0 Å². The summed E-state index contributed by atoms with van der Waals surface area (Å²) in [7, 11) is 0. The Labute approximate surface area is 129 Å². The highest BCUT2D eigenvalue weighted by molar-refractivity contribution is 8.18. The van der Waals surface area contributed by atoms with Gasteiger partial charge in [-0.1, -0.05) is 18.2 Å². The molecule has 2 amide bonds. The fourth-order valence-electron chi connectivity index (χ4n) is 2.35. The van der Waals surface area contributed by atoms with Gasteiger partial charge >= 0.3 is 5.97 Å². The molecule has 22 heavy (non-hydrogen) atoms. The number of nitrogens with one attached hydrogen (secondary N) is 1. The number of benzene rings is 1. The van der Waals surface area contributed by atoms with Gasteiger partial charge in [0.25, 0.3) is 11.1 Å². The SMILES string of the molecule is O=C(O)CCn1cc(/C=C2\SC(=O)NC2=O)c2ccccc21. The van der Waals surface area contributed by atoms with Crippen LogP contribution in [0.1, 0.15) is 12.0 Å². The molecule has 1 aliphatic heterocycles. The third-order valence-corrected chi connectivity index (χ3v) is 4.13. The van der Waals surface area contributed by atoms with E-state index in [0.29, 0.717) is 11.4 Å². The summed E-state index contributed by atoms with van der Waals surface area (Å²) < 4.78 is 1.84. The number of thioether (sulfide) groups is 1. The fourth-order valence-corrected chi connectivity index (χ4v) is 3.03. The maximum absolute atomic E-state index is 11.6. The lowest BCUT2D eigenvalue weighted by Gasteiger charge is -2.01. The highest BCUT2D eigenvalue weighted by atomic mass is 32.2. The number of carboxylic acids is 1. The van der Waals surface area contributed by atoms with Crippen molar-refractivity contribution in [1.29, 1.82) is 0 Å². The lowest BCUT2D eigenvalue weighted by Crippen LogP contribution is -2.17. The van der Waals surface area contributed by atoms with Gasteiger partial charge in [-0.25, -0.2) is 0 Å². The minimum absolute atomic E-state index is 0.0163. The zero-order valence-electron chi connectivity index (χ0n) is 11.4. The monoisotopic (exact) mass is 316 g/mol. The van der Waals surface area contributed by atoms with Crippen molar-refractivity contribution in [2.45, 2.75) is 13.0 Å².